The van der Waals surface area contributed by atoms with Gasteiger partial charge in [0.1, 0.15) is 22.8 Å². The van der Waals surface area contributed by atoms with Crippen molar-refractivity contribution in [2.45, 2.75) is 0 Å². The van der Waals surface area contributed by atoms with Crippen molar-refractivity contribution in [1.82, 2.24) is 0 Å². The first-order chi connectivity index (χ1) is 8.58. The molecule has 0 aliphatic carbocycles. The van der Waals surface area contributed by atoms with Gasteiger partial charge in [0.05, 0.1) is 0 Å². The molecule has 0 aliphatic heterocycles. The highest BCUT2D eigenvalue weighted by atomic mass is 127. The molecule has 0 spiro atoms. The van der Waals surface area contributed by atoms with Gasteiger partial charge in [0, 0.05) is 3.57 Å². The first-order valence-corrected chi connectivity index (χ1v) is 6.14. The van der Waals surface area contributed by atoms with Gasteiger partial charge in [0.25, 0.3) is 0 Å². The summed E-state index contributed by atoms with van der Waals surface area (Å²) in [5.74, 6) is -0.911. The van der Waals surface area contributed by atoms with Crippen LogP contribution in [0.1, 0.15) is 10.4 Å². The van der Waals surface area contributed by atoms with Crippen LogP contribution in [0, 0.1) is 3.57 Å². The lowest BCUT2D eigenvalue weighted by Crippen LogP contribution is -2.00. The molecular formula is C13H9IO4. The quantitative estimate of drug-likeness (QED) is 0.827. The molecule has 0 amide bonds. The third kappa shape index (κ3) is 2.73. The topological polar surface area (TPSA) is 66.8 Å². The summed E-state index contributed by atoms with van der Waals surface area (Å²) in [5, 5.41) is 18.5. The van der Waals surface area contributed by atoms with E-state index in [1.807, 2.05) is 12.1 Å². The SMILES string of the molecule is O=C(O)c1c(O)cccc1Oc1ccc(I)cc1. The second kappa shape index (κ2) is 5.26. The van der Waals surface area contributed by atoms with Gasteiger partial charge in [-0.15, -0.1) is 0 Å². The number of halogens is 1. The van der Waals surface area contributed by atoms with Gasteiger partial charge in [-0.2, -0.15) is 0 Å². The Labute approximate surface area is 117 Å². The summed E-state index contributed by atoms with van der Waals surface area (Å²) in [6, 6.07) is 11.5. The highest BCUT2D eigenvalue weighted by Gasteiger charge is 2.16. The summed E-state index contributed by atoms with van der Waals surface area (Å²) >= 11 is 2.16. The maximum absolute atomic E-state index is 11.0. The van der Waals surface area contributed by atoms with E-state index in [2.05, 4.69) is 22.6 Å². The van der Waals surface area contributed by atoms with Crippen LogP contribution < -0.4 is 4.74 Å². The first-order valence-electron chi connectivity index (χ1n) is 5.06. The highest BCUT2D eigenvalue weighted by molar-refractivity contribution is 14.1. The molecule has 0 saturated heterocycles. The maximum atomic E-state index is 11.0. The van der Waals surface area contributed by atoms with E-state index in [-0.39, 0.29) is 17.1 Å². The summed E-state index contributed by atoms with van der Waals surface area (Å²) in [4.78, 5) is 11.0. The number of aromatic carboxylic acids is 1. The third-order valence-electron chi connectivity index (χ3n) is 2.26. The van der Waals surface area contributed by atoms with Gasteiger partial charge in [-0.05, 0) is 59.0 Å². The minimum absolute atomic E-state index is 0.115. The molecule has 0 bridgehead atoms. The van der Waals surface area contributed by atoms with Crippen molar-refractivity contribution in [3.05, 3.63) is 51.6 Å². The van der Waals surface area contributed by atoms with E-state index < -0.39 is 5.97 Å². The van der Waals surface area contributed by atoms with Crippen LogP contribution in [0.15, 0.2) is 42.5 Å². The Kier molecular flexibility index (Phi) is 3.71. The third-order valence-corrected chi connectivity index (χ3v) is 2.98. The number of carbonyl (C=O) groups is 1. The number of carboxylic acid groups (broad SMARTS) is 1. The van der Waals surface area contributed by atoms with Crippen LogP contribution in [0.4, 0.5) is 0 Å². The fraction of sp³-hybridized carbons (Fsp3) is 0. The predicted molar refractivity (Wildman–Crippen MR) is 74.3 cm³/mol. The normalized spacial score (nSPS) is 10.1. The fourth-order valence-corrected chi connectivity index (χ4v) is 1.81. The standard InChI is InChI=1S/C13H9IO4/c14-8-4-6-9(7-5-8)18-11-3-1-2-10(15)12(11)13(16)17/h1-7,15H,(H,16,17). The van der Waals surface area contributed by atoms with Crippen molar-refractivity contribution >= 4 is 28.6 Å². The Morgan fingerprint density at radius 1 is 1.11 bits per heavy atom. The molecule has 2 aromatic rings. The maximum Gasteiger partial charge on any atom is 0.343 e. The van der Waals surface area contributed by atoms with Crippen molar-refractivity contribution < 1.29 is 19.7 Å². The number of carboxylic acids is 1. The van der Waals surface area contributed by atoms with Gasteiger partial charge in [-0.1, -0.05) is 6.07 Å². The van der Waals surface area contributed by atoms with Gasteiger partial charge >= 0.3 is 5.97 Å². The number of benzene rings is 2. The van der Waals surface area contributed by atoms with E-state index in [4.69, 9.17) is 9.84 Å². The smallest absolute Gasteiger partial charge is 0.343 e. The lowest BCUT2D eigenvalue weighted by Gasteiger charge is -2.09. The number of ether oxygens (including phenoxy) is 1. The zero-order valence-electron chi connectivity index (χ0n) is 9.13. The fourth-order valence-electron chi connectivity index (χ4n) is 1.45. The molecule has 2 rings (SSSR count). The molecule has 92 valence electrons. The Bertz CT molecular complexity index is 578. The molecule has 0 heterocycles. The molecule has 0 atom stereocenters. The average Bonchev–Trinajstić information content (AvgIpc) is 2.32. The van der Waals surface area contributed by atoms with Crippen LogP contribution >= 0.6 is 22.6 Å². The van der Waals surface area contributed by atoms with Gasteiger partial charge in [0.15, 0.2) is 0 Å². The molecule has 0 aliphatic rings. The van der Waals surface area contributed by atoms with E-state index in [1.54, 1.807) is 12.1 Å². The van der Waals surface area contributed by atoms with Crippen LogP contribution in [0.2, 0.25) is 0 Å². The molecule has 2 aromatic carbocycles. The highest BCUT2D eigenvalue weighted by Crippen LogP contribution is 2.31. The monoisotopic (exact) mass is 356 g/mol. The van der Waals surface area contributed by atoms with E-state index >= 15 is 0 Å². The van der Waals surface area contributed by atoms with E-state index in [0.29, 0.717) is 5.75 Å². The largest absolute Gasteiger partial charge is 0.507 e. The van der Waals surface area contributed by atoms with Gasteiger partial charge < -0.3 is 14.9 Å². The van der Waals surface area contributed by atoms with Gasteiger partial charge in [-0.3, -0.25) is 0 Å². The molecular weight excluding hydrogens is 347 g/mol. The minimum atomic E-state index is -1.23. The number of hydrogen-bond acceptors (Lipinski definition) is 3. The summed E-state index contributed by atoms with van der Waals surface area (Å²) in [6.07, 6.45) is 0. The van der Waals surface area contributed by atoms with Crippen LogP contribution in [0.5, 0.6) is 17.2 Å². The molecule has 2 N–H and O–H groups in total. The number of rotatable bonds is 3. The number of phenols is 1. The van der Waals surface area contributed by atoms with Crippen LogP contribution in [-0.2, 0) is 0 Å². The van der Waals surface area contributed by atoms with Crippen molar-refractivity contribution in [3.63, 3.8) is 0 Å². The van der Waals surface area contributed by atoms with E-state index in [0.717, 1.165) is 3.57 Å². The van der Waals surface area contributed by atoms with Crippen molar-refractivity contribution in [1.29, 1.82) is 0 Å². The minimum Gasteiger partial charge on any atom is -0.507 e. The molecule has 0 saturated carbocycles. The van der Waals surface area contributed by atoms with Crippen molar-refractivity contribution in [3.8, 4) is 17.2 Å². The first kappa shape index (κ1) is 12.7. The zero-order valence-corrected chi connectivity index (χ0v) is 11.3. The summed E-state index contributed by atoms with van der Waals surface area (Å²) < 4.78 is 6.51. The zero-order chi connectivity index (χ0) is 13.1. The summed E-state index contributed by atoms with van der Waals surface area (Å²) in [5.41, 5.74) is -0.240. The predicted octanol–water partition coefficient (Wildman–Crippen LogP) is 3.49. The van der Waals surface area contributed by atoms with Crippen molar-refractivity contribution in [2.75, 3.05) is 0 Å². The average molecular weight is 356 g/mol. The van der Waals surface area contributed by atoms with Crippen LogP contribution in [-0.4, -0.2) is 16.2 Å². The Balaban J connectivity index is 2.37. The van der Waals surface area contributed by atoms with Gasteiger partial charge in [0.2, 0.25) is 0 Å². The van der Waals surface area contributed by atoms with Crippen LogP contribution in [0.3, 0.4) is 0 Å². The molecule has 0 radical (unpaired) electrons. The Hall–Kier alpha value is -1.76. The summed E-state index contributed by atoms with van der Waals surface area (Å²) in [7, 11) is 0. The molecule has 0 aromatic heterocycles. The van der Waals surface area contributed by atoms with E-state index in [9.17, 15) is 9.90 Å². The Morgan fingerprint density at radius 3 is 2.39 bits per heavy atom. The van der Waals surface area contributed by atoms with E-state index in [1.165, 1.54) is 18.2 Å². The molecule has 0 fully saturated rings. The van der Waals surface area contributed by atoms with Gasteiger partial charge in [-0.25, -0.2) is 4.79 Å². The molecule has 18 heavy (non-hydrogen) atoms. The Morgan fingerprint density at radius 2 is 1.78 bits per heavy atom. The van der Waals surface area contributed by atoms with Crippen molar-refractivity contribution in [2.24, 2.45) is 0 Å². The van der Waals surface area contributed by atoms with Crippen LogP contribution in [0.25, 0.3) is 0 Å². The number of hydrogen-bond donors (Lipinski definition) is 2. The molecule has 4 nitrogen and oxygen atoms in total. The second-order valence-electron chi connectivity index (χ2n) is 3.51. The number of aromatic hydroxyl groups is 1. The molecule has 5 heteroatoms. The molecule has 0 unspecified atom stereocenters. The lowest BCUT2D eigenvalue weighted by atomic mass is 10.2. The lowest BCUT2D eigenvalue weighted by molar-refractivity contribution is 0.0691. The second-order valence-corrected chi connectivity index (χ2v) is 4.76. The summed E-state index contributed by atoms with van der Waals surface area (Å²) in [6.45, 7) is 0.